The van der Waals surface area contributed by atoms with Crippen molar-refractivity contribution >= 4 is 5.82 Å². The van der Waals surface area contributed by atoms with Crippen LogP contribution in [-0.2, 0) is 6.54 Å². The Morgan fingerprint density at radius 1 is 1.29 bits per heavy atom. The molecule has 0 aromatic carbocycles. The molecule has 0 fully saturated rings. The molecule has 0 bridgehead atoms. The first-order valence-corrected chi connectivity index (χ1v) is 5.54. The van der Waals surface area contributed by atoms with Crippen LogP contribution in [0.5, 0.6) is 0 Å². The van der Waals surface area contributed by atoms with Gasteiger partial charge in [-0.3, -0.25) is 0 Å². The number of unbranched alkanes of at least 4 members (excludes halogenated alkanes) is 4. The highest BCUT2D eigenvalue weighted by Gasteiger charge is 2.00. The van der Waals surface area contributed by atoms with Crippen LogP contribution in [0.4, 0.5) is 5.82 Å². The van der Waals surface area contributed by atoms with E-state index in [1.807, 2.05) is 17.7 Å². The highest BCUT2D eigenvalue weighted by molar-refractivity contribution is 5.29. The maximum atomic E-state index is 5.78. The smallest absolute Gasteiger partial charge is 0.121 e. The van der Waals surface area contributed by atoms with Gasteiger partial charge in [-0.05, 0) is 13.3 Å². The molecule has 0 atom stereocenters. The quantitative estimate of drug-likeness (QED) is 0.709. The Hall–Kier alpha value is -0.990. The van der Waals surface area contributed by atoms with Crippen LogP contribution in [0.1, 0.15) is 44.7 Å². The molecule has 0 unspecified atom stereocenters. The second kappa shape index (κ2) is 5.68. The molecule has 0 spiro atoms. The number of nitrogens with zero attached hydrogens (tertiary/aromatic N) is 2. The minimum atomic E-state index is 0.790. The first kappa shape index (κ1) is 11.1. The number of rotatable bonds is 6. The van der Waals surface area contributed by atoms with Gasteiger partial charge in [0.2, 0.25) is 0 Å². The summed E-state index contributed by atoms with van der Waals surface area (Å²) in [6.07, 6.45) is 6.44. The summed E-state index contributed by atoms with van der Waals surface area (Å²) in [7, 11) is 0. The van der Waals surface area contributed by atoms with E-state index in [4.69, 9.17) is 5.73 Å². The summed E-state index contributed by atoms with van der Waals surface area (Å²) in [6, 6.07) is 1.92. The highest BCUT2D eigenvalue weighted by atomic mass is 15.3. The summed E-state index contributed by atoms with van der Waals surface area (Å²) in [5, 5.41) is 4.32. The fourth-order valence-corrected chi connectivity index (χ4v) is 1.61. The van der Waals surface area contributed by atoms with Crippen molar-refractivity contribution < 1.29 is 0 Å². The Morgan fingerprint density at radius 2 is 2.00 bits per heavy atom. The maximum absolute atomic E-state index is 5.78. The lowest BCUT2D eigenvalue weighted by Crippen LogP contribution is -2.04. The minimum Gasteiger partial charge on any atom is -0.384 e. The second-order valence-corrected chi connectivity index (χ2v) is 3.85. The SMILES string of the molecule is CCCCCCCn1nc(C)cc1N. The van der Waals surface area contributed by atoms with E-state index in [1.54, 1.807) is 0 Å². The predicted octanol–water partition coefficient (Wildman–Crippen LogP) is 2.74. The largest absolute Gasteiger partial charge is 0.384 e. The summed E-state index contributed by atoms with van der Waals surface area (Å²) in [6.45, 7) is 5.17. The third kappa shape index (κ3) is 3.40. The molecule has 0 aliphatic carbocycles. The Labute approximate surface area is 86.3 Å². The average molecular weight is 195 g/mol. The molecule has 1 aromatic rings. The van der Waals surface area contributed by atoms with Crippen LogP contribution in [0.15, 0.2) is 6.07 Å². The first-order chi connectivity index (χ1) is 6.74. The van der Waals surface area contributed by atoms with Gasteiger partial charge < -0.3 is 5.73 Å². The Morgan fingerprint density at radius 3 is 2.57 bits per heavy atom. The molecule has 3 heteroatoms. The number of hydrogen-bond donors (Lipinski definition) is 1. The zero-order valence-electron chi connectivity index (χ0n) is 9.29. The highest BCUT2D eigenvalue weighted by Crippen LogP contribution is 2.08. The molecule has 2 N–H and O–H groups in total. The number of aromatic nitrogens is 2. The van der Waals surface area contributed by atoms with E-state index < -0.39 is 0 Å². The van der Waals surface area contributed by atoms with Crippen LogP contribution in [0.25, 0.3) is 0 Å². The van der Waals surface area contributed by atoms with Gasteiger partial charge in [-0.1, -0.05) is 32.6 Å². The molecule has 1 heterocycles. The summed E-state index contributed by atoms with van der Waals surface area (Å²) < 4.78 is 1.90. The number of hydrogen-bond acceptors (Lipinski definition) is 2. The number of nitrogens with two attached hydrogens (primary N) is 1. The standard InChI is InChI=1S/C11H21N3/c1-3-4-5-6-7-8-14-11(12)9-10(2)13-14/h9H,3-8,12H2,1-2H3. The molecule has 0 aliphatic rings. The molecule has 80 valence electrons. The van der Waals surface area contributed by atoms with Crippen LogP contribution < -0.4 is 5.73 Å². The number of aryl methyl sites for hydroxylation is 2. The predicted molar refractivity (Wildman–Crippen MR) is 60.1 cm³/mol. The third-order valence-electron chi connectivity index (χ3n) is 2.41. The van der Waals surface area contributed by atoms with E-state index in [0.29, 0.717) is 0 Å². The van der Waals surface area contributed by atoms with Gasteiger partial charge in [0, 0.05) is 12.6 Å². The van der Waals surface area contributed by atoms with Crippen molar-refractivity contribution in [2.45, 2.75) is 52.5 Å². The van der Waals surface area contributed by atoms with Crippen molar-refractivity contribution in [2.75, 3.05) is 5.73 Å². The van der Waals surface area contributed by atoms with Gasteiger partial charge in [-0.2, -0.15) is 5.10 Å². The van der Waals surface area contributed by atoms with Crippen LogP contribution in [0, 0.1) is 6.92 Å². The zero-order chi connectivity index (χ0) is 10.4. The van der Waals surface area contributed by atoms with Crippen molar-refractivity contribution in [1.82, 2.24) is 9.78 Å². The first-order valence-electron chi connectivity index (χ1n) is 5.54. The van der Waals surface area contributed by atoms with Gasteiger partial charge in [0.1, 0.15) is 5.82 Å². The average Bonchev–Trinajstić information content (AvgIpc) is 2.45. The van der Waals surface area contributed by atoms with Crippen LogP contribution >= 0.6 is 0 Å². The Kier molecular flexibility index (Phi) is 4.50. The molecule has 0 saturated carbocycles. The summed E-state index contributed by atoms with van der Waals surface area (Å²) in [5.74, 6) is 0.790. The monoisotopic (exact) mass is 195 g/mol. The molecule has 0 radical (unpaired) electrons. The fraction of sp³-hybridized carbons (Fsp3) is 0.727. The van der Waals surface area contributed by atoms with Crippen LogP contribution in [0.2, 0.25) is 0 Å². The fourth-order valence-electron chi connectivity index (χ4n) is 1.61. The second-order valence-electron chi connectivity index (χ2n) is 3.85. The Bertz CT molecular complexity index is 265. The topological polar surface area (TPSA) is 43.8 Å². The maximum Gasteiger partial charge on any atom is 0.121 e. The minimum absolute atomic E-state index is 0.790. The molecule has 1 rings (SSSR count). The van der Waals surface area contributed by atoms with Crippen molar-refractivity contribution in [3.63, 3.8) is 0 Å². The van der Waals surface area contributed by atoms with Gasteiger partial charge in [0.15, 0.2) is 0 Å². The van der Waals surface area contributed by atoms with E-state index in [1.165, 1.54) is 32.1 Å². The molecular weight excluding hydrogens is 174 g/mol. The zero-order valence-corrected chi connectivity index (χ0v) is 9.29. The van der Waals surface area contributed by atoms with Crippen LogP contribution in [0.3, 0.4) is 0 Å². The molecule has 0 aliphatic heterocycles. The van der Waals surface area contributed by atoms with E-state index in [2.05, 4.69) is 12.0 Å². The van der Waals surface area contributed by atoms with E-state index in [0.717, 1.165) is 18.1 Å². The number of anilines is 1. The van der Waals surface area contributed by atoms with Gasteiger partial charge >= 0.3 is 0 Å². The lowest BCUT2D eigenvalue weighted by Gasteiger charge is -2.03. The van der Waals surface area contributed by atoms with Gasteiger partial charge in [0.25, 0.3) is 0 Å². The van der Waals surface area contributed by atoms with E-state index >= 15 is 0 Å². The van der Waals surface area contributed by atoms with Gasteiger partial charge in [-0.15, -0.1) is 0 Å². The Balaban J connectivity index is 2.21. The molecule has 14 heavy (non-hydrogen) atoms. The summed E-state index contributed by atoms with van der Waals surface area (Å²) in [4.78, 5) is 0. The van der Waals surface area contributed by atoms with E-state index in [9.17, 15) is 0 Å². The lowest BCUT2D eigenvalue weighted by atomic mass is 10.1. The third-order valence-corrected chi connectivity index (χ3v) is 2.41. The van der Waals surface area contributed by atoms with Crippen molar-refractivity contribution in [3.8, 4) is 0 Å². The molecule has 0 saturated heterocycles. The van der Waals surface area contributed by atoms with E-state index in [-0.39, 0.29) is 0 Å². The van der Waals surface area contributed by atoms with Gasteiger partial charge in [0.05, 0.1) is 5.69 Å². The van der Waals surface area contributed by atoms with Crippen LogP contribution in [-0.4, -0.2) is 9.78 Å². The molecule has 0 amide bonds. The molecule has 1 aromatic heterocycles. The lowest BCUT2D eigenvalue weighted by molar-refractivity contribution is 0.536. The summed E-state index contributed by atoms with van der Waals surface area (Å²) >= 11 is 0. The van der Waals surface area contributed by atoms with Gasteiger partial charge in [-0.25, -0.2) is 4.68 Å². The molecule has 3 nitrogen and oxygen atoms in total. The number of nitrogen functional groups attached to an aromatic ring is 1. The van der Waals surface area contributed by atoms with Crippen molar-refractivity contribution in [2.24, 2.45) is 0 Å². The molecular formula is C11H21N3. The van der Waals surface area contributed by atoms with Crippen molar-refractivity contribution in [3.05, 3.63) is 11.8 Å². The van der Waals surface area contributed by atoms with Crippen molar-refractivity contribution in [1.29, 1.82) is 0 Å². The summed E-state index contributed by atoms with van der Waals surface area (Å²) in [5.41, 5.74) is 6.79. The normalized spacial score (nSPS) is 10.7.